The molecule has 2 heterocycles. The highest BCUT2D eigenvalue weighted by Crippen LogP contribution is 2.20. The molecule has 0 amide bonds. The molecule has 0 aromatic carbocycles. The Morgan fingerprint density at radius 1 is 1.33 bits per heavy atom. The summed E-state index contributed by atoms with van der Waals surface area (Å²) in [6, 6.07) is 4.22. The van der Waals surface area contributed by atoms with Gasteiger partial charge in [-0.05, 0) is 36.6 Å². The monoisotopic (exact) mass is 184 g/mol. The van der Waals surface area contributed by atoms with E-state index >= 15 is 0 Å². The number of aromatic nitrogens is 1. The van der Waals surface area contributed by atoms with Crippen molar-refractivity contribution in [1.82, 2.24) is 10.3 Å². The molecule has 66 valence electrons. The molecule has 2 rings (SSSR count). The van der Waals surface area contributed by atoms with Crippen LogP contribution in [0.3, 0.4) is 0 Å². The minimum absolute atomic E-state index is 0. The highest BCUT2D eigenvalue weighted by Gasteiger charge is 2.15. The van der Waals surface area contributed by atoms with E-state index < -0.39 is 0 Å². The van der Waals surface area contributed by atoms with Gasteiger partial charge in [-0.2, -0.15) is 0 Å². The van der Waals surface area contributed by atoms with Crippen LogP contribution < -0.4 is 5.32 Å². The molecular weight excluding hydrogens is 172 g/mol. The Morgan fingerprint density at radius 3 is 2.67 bits per heavy atom. The molecule has 0 saturated carbocycles. The molecule has 0 aliphatic carbocycles. The first kappa shape index (κ1) is 9.49. The topological polar surface area (TPSA) is 24.9 Å². The molecule has 2 nitrogen and oxygen atoms in total. The fraction of sp³-hybridized carbons (Fsp3) is 0.444. The van der Waals surface area contributed by atoms with E-state index in [0.717, 1.165) is 19.0 Å². The summed E-state index contributed by atoms with van der Waals surface area (Å²) in [4.78, 5) is 4.00. The minimum Gasteiger partial charge on any atom is -0.316 e. The third-order valence-electron chi connectivity index (χ3n) is 2.24. The summed E-state index contributed by atoms with van der Waals surface area (Å²) >= 11 is 0. The molecule has 3 heteroatoms. The van der Waals surface area contributed by atoms with Gasteiger partial charge in [0.1, 0.15) is 0 Å². The molecule has 1 fully saturated rings. The molecule has 1 saturated heterocycles. The Bertz CT molecular complexity index is 219. The average Bonchev–Trinajstić information content (AvgIpc) is 2.58. The quantitative estimate of drug-likeness (QED) is 0.717. The maximum absolute atomic E-state index is 4.00. The van der Waals surface area contributed by atoms with Crippen molar-refractivity contribution in [2.24, 2.45) is 0 Å². The lowest BCUT2D eigenvalue weighted by atomic mass is 10.0. The van der Waals surface area contributed by atoms with Crippen molar-refractivity contribution >= 4 is 12.4 Å². The number of rotatable bonds is 1. The molecular formula is C9H13ClN2. The number of hydrogen-bond donors (Lipinski definition) is 1. The zero-order chi connectivity index (χ0) is 7.52. The third-order valence-corrected chi connectivity index (χ3v) is 2.24. The Hall–Kier alpha value is -0.600. The Morgan fingerprint density at radius 2 is 2.08 bits per heavy atom. The predicted octanol–water partition coefficient (Wildman–Crippen LogP) is 1.58. The van der Waals surface area contributed by atoms with E-state index in [1.807, 2.05) is 12.4 Å². The number of nitrogens with one attached hydrogen (secondary N) is 1. The molecule has 12 heavy (non-hydrogen) atoms. The fourth-order valence-corrected chi connectivity index (χ4v) is 1.57. The van der Waals surface area contributed by atoms with Crippen molar-refractivity contribution in [2.45, 2.75) is 12.3 Å². The van der Waals surface area contributed by atoms with E-state index in [9.17, 15) is 0 Å². The molecule has 1 unspecified atom stereocenters. The standard InChI is InChI=1S/C9H12N2.ClH/c1-4-10-5-2-8(1)9-3-6-11-7-9;/h1-2,4-5,9,11H,3,6-7H2;1H. The molecule has 1 aliphatic heterocycles. The Labute approximate surface area is 78.8 Å². The second-order valence-corrected chi connectivity index (χ2v) is 2.97. The van der Waals surface area contributed by atoms with Crippen LogP contribution in [-0.2, 0) is 0 Å². The van der Waals surface area contributed by atoms with Crippen LogP contribution in [-0.4, -0.2) is 18.1 Å². The minimum atomic E-state index is 0. The van der Waals surface area contributed by atoms with Crippen LogP contribution in [0.1, 0.15) is 17.9 Å². The van der Waals surface area contributed by atoms with Gasteiger partial charge in [-0.25, -0.2) is 0 Å². The summed E-state index contributed by atoms with van der Waals surface area (Å²) in [7, 11) is 0. The first-order valence-electron chi connectivity index (χ1n) is 4.07. The predicted molar refractivity (Wildman–Crippen MR) is 51.7 cm³/mol. The maximum atomic E-state index is 4.00. The van der Waals surface area contributed by atoms with Crippen LogP contribution in [0.5, 0.6) is 0 Å². The SMILES string of the molecule is Cl.c1cc(C2CCNC2)ccn1. The maximum Gasteiger partial charge on any atom is 0.0270 e. The Kier molecular flexibility index (Phi) is 3.50. The molecule has 1 aromatic rings. The normalized spacial score (nSPS) is 21.8. The molecule has 1 aliphatic rings. The highest BCUT2D eigenvalue weighted by molar-refractivity contribution is 5.85. The molecule has 1 N–H and O–H groups in total. The van der Waals surface area contributed by atoms with E-state index in [1.165, 1.54) is 12.0 Å². The molecule has 0 spiro atoms. The van der Waals surface area contributed by atoms with Gasteiger partial charge in [0, 0.05) is 18.9 Å². The van der Waals surface area contributed by atoms with Gasteiger partial charge in [0.2, 0.25) is 0 Å². The summed E-state index contributed by atoms with van der Waals surface area (Å²) in [6.45, 7) is 2.29. The largest absolute Gasteiger partial charge is 0.316 e. The summed E-state index contributed by atoms with van der Waals surface area (Å²) in [6.07, 6.45) is 5.01. The number of halogens is 1. The molecule has 0 radical (unpaired) electrons. The van der Waals surface area contributed by atoms with E-state index in [1.54, 1.807) is 0 Å². The van der Waals surface area contributed by atoms with Crippen LogP contribution in [0, 0.1) is 0 Å². The smallest absolute Gasteiger partial charge is 0.0270 e. The second kappa shape index (κ2) is 4.43. The zero-order valence-corrected chi connectivity index (χ0v) is 7.68. The second-order valence-electron chi connectivity index (χ2n) is 2.97. The van der Waals surface area contributed by atoms with E-state index in [2.05, 4.69) is 22.4 Å². The van der Waals surface area contributed by atoms with Gasteiger partial charge in [-0.1, -0.05) is 0 Å². The number of pyridine rings is 1. The third kappa shape index (κ3) is 1.96. The van der Waals surface area contributed by atoms with Gasteiger partial charge in [0.25, 0.3) is 0 Å². The van der Waals surface area contributed by atoms with E-state index in [4.69, 9.17) is 0 Å². The van der Waals surface area contributed by atoms with Gasteiger partial charge in [-0.3, -0.25) is 4.98 Å². The van der Waals surface area contributed by atoms with Crippen LogP contribution >= 0.6 is 12.4 Å². The summed E-state index contributed by atoms with van der Waals surface area (Å²) in [5.74, 6) is 0.720. The van der Waals surface area contributed by atoms with Gasteiger partial charge in [0.05, 0.1) is 0 Å². The summed E-state index contributed by atoms with van der Waals surface area (Å²) in [5, 5.41) is 3.35. The lowest BCUT2D eigenvalue weighted by molar-refractivity contribution is 0.761. The van der Waals surface area contributed by atoms with Crippen molar-refractivity contribution in [3.05, 3.63) is 30.1 Å². The van der Waals surface area contributed by atoms with Crippen molar-refractivity contribution in [2.75, 3.05) is 13.1 Å². The van der Waals surface area contributed by atoms with E-state index in [-0.39, 0.29) is 12.4 Å². The molecule has 1 atom stereocenters. The van der Waals surface area contributed by atoms with Crippen molar-refractivity contribution in [3.8, 4) is 0 Å². The van der Waals surface area contributed by atoms with Crippen LogP contribution in [0.25, 0.3) is 0 Å². The first-order valence-corrected chi connectivity index (χ1v) is 4.07. The number of hydrogen-bond acceptors (Lipinski definition) is 2. The van der Waals surface area contributed by atoms with Crippen molar-refractivity contribution < 1.29 is 0 Å². The average molecular weight is 185 g/mol. The lowest BCUT2D eigenvalue weighted by Crippen LogP contribution is -2.07. The van der Waals surface area contributed by atoms with Gasteiger partial charge in [0.15, 0.2) is 0 Å². The van der Waals surface area contributed by atoms with Gasteiger partial charge < -0.3 is 5.32 Å². The van der Waals surface area contributed by atoms with Gasteiger partial charge in [-0.15, -0.1) is 12.4 Å². The highest BCUT2D eigenvalue weighted by atomic mass is 35.5. The fourth-order valence-electron chi connectivity index (χ4n) is 1.57. The van der Waals surface area contributed by atoms with Crippen molar-refractivity contribution in [3.63, 3.8) is 0 Å². The molecule has 1 aromatic heterocycles. The summed E-state index contributed by atoms with van der Waals surface area (Å²) < 4.78 is 0. The lowest BCUT2D eigenvalue weighted by Gasteiger charge is -2.06. The van der Waals surface area contributed by atoms with Gasteiger partial charge >= 0.3 is 0 Å². The van der Waals surface area contributed by atoms with Crippen LogP contribution in [0.4, 0.5) is 0 Å². The first-order chi connectivity index (χ1) is 5.47. The zero-order valence-electron chi connectivity index (χ0n) is 6.86. The summed E-state index contributed by atoms with van der Waals surface area (Å²) in [5.41, 5.74) is 1.42. The van der Waals surface area contributed by atoms with Crippen molar-refractivity contribution in [1.29, 1.82) is 0 Å². The Balaban J connectivity index is 0.000000720. The number of nitrogens with zero attached hydrogens (tertiary/aromatic N) is 1. The van der Waals surface area contributed by atoms with Crippen LogP contribution in [0.15, 0.2) is 24.5 Å². The van der Waals surface area contributed by atoms with Crippen LogP contribution in [0.2, 0.25) is 0 Å². The molecule has 0 bridgehead atoms. The van der Waals surface area contributed by atoms with E-state index in [0.29, 0.717) is 0 Å².